The van der Waals surface area contributed by atoms with Gasteiger partial charge in [0.15, 0.2) is 5.82 Å². The lowest BCUT2D eigenvalue weighted by Gasteiger charge is -2.07. The minimum atomic E-state index is 0.0529. The summed E-state index contributed by atoms with van der Waals surface area (Å²) in [6.45, 7) is 4.11. The molecular formula is C21H20N6. The summed E-state index contributed by atoms with van der Waals surface area (Å²) >= 11 is 0. The molecule has 3 N–H and O–H groups in total. The van der Waals surface area contributed by atoms with Gasteiger partial charge in [-0.15, -0.1) is 0 Å². The Kier molecular flexibility index (Phi) is 5.43. The molecule has 0 saturated carbocycles. The summed E-state index contributed by atoms with van der Waals surface area (Å²) in [5.41, 5.74) is 10.3. The van der Waals surface area contributed by atoms with Crippen LogP contribution in [-0.2, 0) is 6.42 Å². The number of rotatable bonds is 5. The van der Waals surface area contributed by atoms with Gasteiger partial charge in [-0.3, -0.25) is 0 Å². The van der Waals surface area contributed by atoms with Crippen molar-refractivity contribution >= 4 is 29.2 Å². The first-order valence-corrected chi connectivity index (χ1v) is 8.63. The maximum atomic E-state index is 9.56. The van der Waals surface area contributed by atoms with Crippen molar-refractivity contribution in [3.8, 4) is 6.07 Å². The number of hydrogen-bond donors (Lipinski definition) is 2. The number of nitrogens with one attached hydrogen (secondary N) is 1. The van der Waals surface area contributed by atoms with E-state index >= 15 is 0 Å². The van der Waals surface area contributed by atoms with Crippen LogP contribution >= 0.6 is 0 Å². The van der Waals surface area contributed by atoms with Crippen LogP contribution < -0.4 is 11.1 Å². The van der Waals surface area contributed by atoms with Crippen LogP contribution in [0.2, 0.25) is 0 Å². The molecule has 0 radical (unpaired) electrons. The topological polar surface area (TPSA) is 101 Å². The Morgan fingerprint density at radius 1 is 1.07 bits per heavy atom. The summed E-state index contributed by atoms with van der Waals surface area (Å²) in [5, 5.41) is 12.7. The van der Waals surface area contributed by atoms with Crippen molar-refractivity contribution in [2.45, 2.75) is 20.3 Å². The van der Waals surface area contributed by atoms with Gasteiger partial charge in [-0.1, -0.05) is 48.9 Å². The van der Waals surface area contributed by atoms with E-state index in [0.29, 0.717) is 11.5 Å². The normalized spacial score (nSPS) is 11.1. The standard InChI is InChI=1S/C21H20N6/c1-3-15-6-8-16(9-7-15)12-17(13-22)19-25-20(23)27-21(26-19)24-18-10-4-14(2)5-11-18/h4-12H,3H2,1-2H3,(H3,23,24,25,26,27). The highest BCUT2D eigenvalue weighted by molar-refractivity contribution is 5.87. The summed E-state index contributed by atoms with van der Waals surface area (Å²) < 4.78 is 0. The minimum Gasteiger partial charge on any atom is -0.368 e. The van der Waals surface area contributed by atoms with Crippen LogP contribution in [0, 0.1) is 18.3 Å². The Morgan fingerprint density at radius 3 is 2.41 bits per heavy atom. The van der Waals surface area contributed by atoms with E-state index in [1.165, 1.54) is 5.56 Å². The molecule has 3 aromatic rings. The third kappa shape index (κ3) is 4.67. The molecule has 6 heteroatoms. The number of nitrogens with zero attached hydrogens (tertiary/aromatic N) is 4. The van der Waals surface area contributed by atoms with Gasteiger partial charge in [0.1, 0.15) is 6.07 Å². The van der Waals surface area contributed by atoms with E-state index < -0.39 is 0 Å². The Labute approximate surface area is 158 Å². The Morgan fingerprint density at radius 2 is 1.78 bits per heavy atom. The van der Waals surface area contributed by atoms with Crippen molar-refractivity contribution in [1.29, 1.82) is 5.26 Å². The number of aryl methyl sites for hydroxylation is 2. The lowest BCUT2D eigenvalue weighted by Crippen LogP contribution is -2.06. The third-order valence-corrected chi connectivity index (χ3v) is 4.02. The second-order valence-corrected chi connectivity index (χ2v) is 6.10. The Balaban J connectivity index is 1.91. The van der Waals surface area contributed by atoms with Crippen molar-refractivity contribution in [2.24, 2.45) is 0 Å². The van der Waals surface area contributed by atoms with Crippen LogP contribution in [-0.4, -0.2) is 15.0 Å². The smallest absolute Gasteiger partial charge is 0.232 e. The number of allylic oxidation sites excluding steroid dienone is 1. The molecule has 1 heterocycles. The lowest BCUT2D eigenvalue weighted by atomic mass is 10.1. The molecule has 0 amide bonds. The maximum absolute atomic E-state index is 9.56. The van der Waals surface area contributed by atoms with Gasteiger partial charge in [0.05, 0.1) is 5.57 Å². The molecule has 1 aromatic heterocycles. The molecule has 0 spiro atoms. The highest BCUT2D eigenvalue weighted by Crippen LogP contribution is 2.19. The van der Waals surface area contributed by atoms with E-state index in [2.05, 4.69) is 33.3 Å². The quantitative estimate of drug-likeness (QED) is 0.667. The van der Waals surface area contributed by atoms with Gasteiger partial charge in [0.2, 0.25) is 11.9 Å². The SMILES string of the molecule is CCc1ccc(C=C(C#N)c2nc(N)nc(Nc3ccc(C)cc3)n2)cc1. The van der Waals surface area contributed by atoms with E-state index in [-0.39, 0.29) is 11.8 Å². The summed E-state index contributed by atoms with van der Waals surface area (Å²) in [7, 11) is 0. The Bertz CT molecular complexity index is 998. The average molecular weight is 356 g/mol. The van der Waals surface area contributed by atoms with Gasteiger partial charge in [0.25, 0.3) is 0 Å². The maximum Gasteiger partial charge on any atom is 0.232 e. The van der Waals surface area contributed by atoms with E-state index in [0.717, 1.165) is 23.2 Å². The summed E-state index contributed by atoms with van der Waals surface area (Å²) in [4.78, 5) is 12.6. The number of aromatic nitrogens is 3. The average Bonchev–Trinajstić information content (AvgIpc) is 2.68. The molecule has 0 fully saturated rings. The predicted molar refractivity (Wildman–Crippen MR) is 108 cm³/mol. The van der Waals surface area contributed by atoms with E-state index in [1.54, 1.807) is 6.08 Å². The zero-order chi connectivity index (χ0) is 19.2. The first kappa shape index (κ1) is 18.1. The fourth-order valence-electron chi connectivity index (χ4n) is 2.50. The van der Waals surface area contributed by atoms with Gasteiger partial charge >= 0.3 is 0 Å². The van der Waals surface area contributed by atoms with Crippen LogP contribution in [0.4, 0.5) is 17.6 Å². The van der Waals surface area contributed by atoms with Crippen molar-refractivity contribution in [3.05, 3.63) is 71.0 Å². The molecule has 6 nitrogen and oxygen atoms in total. The van der Waals surface area contributed by atoms with Gasteiger partial charge in [0, 0.05) is 5.69 Å². The summed E-state index contributed by atoms with van der Waals surface area (Å²) in [6.07, 6.45) is 2.71. The highest BCUT2D eigenvalue weighted by Gasteiger charge is 2.10. The fourth-order valence-corrected chi connectivity index (χ4v) is 2.50. The molecule has 0 bridgehead atoms. The highest BCUT2D eigenvalue weighted by atomic mass is 15.2. The van der Waals surface area contributed by atoms with E-state index in [1.807, 2.05) is 55.5 Å². The first-order chi connectivity index (χ1) is 13.1. The number of hydrogen-bond acceptors (Lipinski definition) is 6. The zero-order valence-electron chi connectivity index (χ0n) is 15.3. The third-order valence-electron chi connectivity index (χ3n) is 4.02. The van der Waals surface area contributed by atoms with Crippen LogP contribution in [0.25, 0.3) is 11.6 Å². The second kappa shape index (κ2) is 8.11. The predicted octanol–water partition coefficient (Wildman–Crippen LogP) is 4.13. The molecule has 3 rings (SSSR count). The molecule has 134 valence electrons. The summed E-state index contributed by atoms with van der Waals surface area (Å²) in [6, 6.07) is 17.9. The second-order valence-electron chi connectivity index (χ2n) is 6.10. The molecule has 0 saturated heterocycles. The van der Waals surface area contributed by atoms with Gasteiger partial charge < -0.3 is 11.1 Å². The number of nitrogen functional groups attached to an aromatic ring is 1. The van der Waals surface area contributed by atoms with Crippen LogP contribution in [0.3, 0.4) is 0 Å². The monoisotopic (exact) mass is 356 g/mol. The van der Waals surface area contributed by atoms with Crippen molar-refractivity contribution in [2.75, 3.05) is 11.1 Å². The van der Waals surface area contributed by atoms with Crippen molar-refractivity contribution in [3.63, 3.8) is 0 Å². The largest absolute Gasteiger partial charge is 0.368 e. The minimum absolute atomic E-state index is 0.0529. The number of benzene rings is 2. The molecule has 0 atom stereocenters. The first-order valence-electron chi connectivity index (χ1n) is 8.63. The van der Waals surface area contributed by atoms with Gasteiger partial charge in [-0.25, -0.2) is 0 Å². The molecule has 0 aliphatic heterocycles. The number of nitrogens with two attached hydrogens (primary N) is 1. The van der Waals surface area contributed by atoms with Crippen molar-refractivity contribution in [1.82, 2.24) is 15.0 Å². The van der Waals surface area contributed by atoms with Crippen LogP contribution in [0.15, 0.2) is 48.5 Å². The molecule has 27 heavy (non-hydrogen) atoms. The summed E-state index contributed by atoms with van der Waals surface area (Å²) in [5.74, 6) is 0.583. The number of anilines is 3. The van der Waals surface area contributed by atoms with Crippen LogP contribution in [0.5, 0.6) is 0 Å². The fraction of sp³-hybridized carbons (Fsp3) is 0.143. The van der Waals surface area contributed by atoms with Crippen molar-refractivity contribution < 1.29 is 0 Å². The molecule has 0 aliphatic rings. The lowest BCUT2D eigenvalue weighted by molar-refractivity contribution is 1.04. The zero-order valence-corrected chi connectivity index (χ0v) is 15.3. The number of nitriles is 1. The molecule has 0 unspecified atom stereocenters. The van der Waals surface area contributed by atoms with E-state index in [9.17, 15) is 5.26 Å². The molecule has 0 aliphatic carbocycles. The Hall–Kier alpha value is -3.72. The van der Waals surface area contributed by atoms with Crippen LogP contribution in [0.1, 0.15) is 29.4 Å². The van der Waals surface area contributed by atoms with Gasteiger partial charge in [-0.2, -0.15) is 20.2 Å². The van der Waals surface area contributed by atoms with Gasteiger partial charge in [-0.05, 0) is 42.7 Å². The van der Waals surface area contributed by atoms with E-state index in [4.69, 9.17) is 5.73 Å². The molecule has 2 aromatic carbocycles. The molecular weight excluding hydrogens is 336 g/mol.